The molecule has 1 heterocycles. The predicted molar refractivity (Wildman–Crippen MR) is 89.1 cm³/mol. The number of urea groups is 1. The third-order valence-electron chi connectivity index (χ3n) is 4.58. The van der Waals surface area contributed by atoms with E-state index in [1.165, 1.54) is 11.1 Å². The fraction of sp³-hybridized carbons (Fsp3) is 0.211. The molecule has 116 valence electrons. The smallest absolute Gasteiger partial charge is 0.319 e. The Labute approximate surface area is 135 Å². The van der Waals surface area contributed by atoms with Crippen molar-refractivity contribution >= 4 is 11.7 Å². The molecule has 2 aliphatic rings. The second-order valence-corrected chi connectivity index (χ2v) is 5.86. The van der Waals surface area contributed by atoms with E-state index in [1.807, 2.05) is 36.4 Å². The Bertz CT molecular complexity index is 793. The number of nitrogens with one attached hydrogen (secondary N) is 2. The summed E-state index contributed by atoms with van der Waals surface area (Å²) < 4.78 is 5.22. The molecule has 1 aliphatic carbocycles. The van der Waals surface area contributed by atoms with Gasteiger partial charge in [0.2, 0.25) is 0 Å². The number of hydrogen-bond acceptors (Lipinski definition) is 2. The summed E-state index contributed by atoms with van der Waals surface area (Å²) in [5.41, 5.74) is 5.72. The number of ether oxygens (including phenoxy) is 1. The van der Waals surface area contributed by atoms with Gasteiger partial charge >= 0.3 is 6.03 Å². The number of hydrogen-bond donors (Lipinski definition) is 2. The van der Waals surface area contributed by atoms with Crippen LogP contribution in [0.5, 0.6) is 5.75 Å². The quantitative estimate of drug-likeness (QED) is 0.893. The fourth-order valence-electron chi connectivity index (χ4n) is 3.43. The highest BCUT2D eigenvalue weighted by molar-refractivity contribution is 5.91. The van der Waals surface area contributed by atoms with Crippen molar-refractivity contribution < 1.29 is 9.53 Å². The van der Waals surface area contributed by atoms with E-state index in [-0.39, 0.29) is 12.1 Å². The van der Waals surface area contributed by atoms with Crippen molar-refractivity contribution in [2.75, 3.05) is 7.11 Å². The van der Waals surface area contributed by atoms with E-state index in [4.69, 9.17) is 4.74 Å². The molecule has 4 heteroatoms. The number of aryl methyl sites for hydroxylation is 1. The van der Waals surface area contributed by atoms with Gasteiger partial charge < -0.3 is 15.4 Å². The van der Waals surface area contributed by atoms with Crippen molar-refractivity contribution in [3.05, 3.63) is 70.8 Å². The van der Waals surface area contributed by atoms with E-state index in [2.05, 4.69) is 22.8 Å². The van der Waals surface area contributed by atoms with Crippen LogP contribution >= 0.6 is 0 Å². The van der Waals surface area contributed by atoms with E-state index < -0.39 is 0 Å². The van der Waals surface area contributed by atoms with Crippen LogP contribution in [0.25, 0.3) is 5.70 Å². The first-order chi connectivity index (χ1) is 11.3. The molecule has 0 radical (unpaired) electrons. The minimum Gasteiger partial charge on any atom is -0.497 e. The fourth-order valence-corrected chi connectivity index (χ4v) is 3.43. The van der Waals surface area contributed by atoms with Crippen LogP contribution in [-0.2, 0) is 6.42 Å². The Morgan fingerprint density at radius 2 is 1.83 bits per heavy atom. The average molecular weight is 306 g/mol. The highest BCUT2D eigenvalue weighted by atomic mass is 16.5. The summed E-state index contributed by atoms with van der Waals surface area (Å²) in [7, 11) is 1.65. The van der Waals surface area contributed by atoms with Crippen LogP contribution in [0.2, 0.25) is 0 Å². The van der Waals surface area contributed by atoms with Gasteiger partial charge in [-0.05, 0) is 41.7 Å². The zero-order chi connectivity index (χ0) is 15.8. The molecule has 0 spiro atoms. The Morgan fingerprint density at radius 1 is 1.04 bits per heavy atom. The van der Waals surface area contributed by atoms with E-state index in [1.54, 1.807) is 7.11 Å². The van der Waals surface area contributed by atoms with Gasteiger partial charge in [-0.2, -0.15) is 0 Å². The van der Waals surface area contributed by atoms with Crippen LogP contribution in [0.1, 0.15) is 29.2 Å². The van der Waals surface area contributed by atoms with Crippen LogP contribution in [0.4, 0.5) is 4.79 Å². The van der Waals surface area contributed by atoms with Gasteiger partial charge in [-0.3, -0.25) is 0 Å². The Balaban J connectivity index is 1.80. The van der Waals surface area contributed by atoms with Gasteiger partial charge in [0.1, 0.15) is 5.75 Å². The molecule has 2 N–H and O–H groups in total. The SMILES string of the molecule is COc1ccc([C@@H]2NC(=O)NC3=C2CCc2ccccc23)cc1. The van der Waals surface area contributed by atoms with E-state index in [0.717, 1.165) is 35.4 Å². The maximum atomic E-state index is 12.2. The second kappa shape index (κ2) is 5.47. The largest absolute Gasteiger partial charge is 0.497 e. The molecule has 2 aromatic carbocycles. The molecule has 0 saturated heterocycles. The lowest BCUT2D eigenvalue weighted by Crippen LogP contribution is -2.44. The molecule has 4 nitrogen and oxygen atoms in total. The maximum Gasteiger partial charge on any atom is 0.319 e. The van der Waals surface area contributed by atoms with E-state index in [9.17, 15) is 4.79 Å². The standard InChI is InChI=1S/C19H18N2O2/c1-23-14-9-6-13(7-10-14)17-16-11-8-12-4-2-3-5-15(12)18(16)21-19(22)20-17/h2-7,9-10,17H,8,11H2,1H3,(H2,20,21,22)/t17-/m0/s1. The minimum atomic E-state index is -0.152. The number of carbonyl (C=O) groups is 1. The first kappa shape index (κ1) is 13.9. The molecule has 2 aromatic rings. The van der Waals surface area contributed by atoms with Crippen molar-refractivity contribution in [1.82, 2.24) is 10.6 Å². The first-order valence-electron chi connectivity index (χ1n) is 7.79. The first-order valence-corrected chi connectivity index (χ1v) is 7.79. The second-order valence-electron chi connectivity index (χ2n) is 5.86. The van der Waals surface area contributed by atoms with Crippen molar-refractivity contribution in [2.24, 2.45) is 0 Å². The van der Waals surface area contributed by atoms with Crippen molar-refractivity contribution in [3.63, 3.8) is 0 Å². The highest BCUT2D eigenvalue weighted by Crippen LogP contribution is 2.38. The maximum absolute atomic E-state index is 12.2. The van der Waals surface area contributed by atoms with E-state index in [0.29, 0.717) is 0 Å². The predicted octanol–water partition coefficient (Wildman–Crippen LogP) is 3.41. The number of carbonyl (C=O) groups excluding carboxylic acids is 1. The third kappa shape index (κ3) is 2.36. The van der Waals surface area contributed by atoms with Crippen LogP contribution in [0.15, 0.2) is 54.1 Å². The van der Waals surface area contributed by atoms with Gasteiger partial charge in [0.05, 0.1) is 18.8 Å². The Morgan fingerprint density at radius 3 is 2.61 bits per heavy atom. The van der Waals surface area contributed by atoms with Crippen molar-refractivity contribution in [3.8, 4) is 5.75 Å². The Hall–Kier alpha value is -2.75. The summed E-state index contributed by atoms with van der Waals surface area (Å²) in [6.07, 6.45) is 1.94. The van der Waals surface area contributed by atoms with Crippen LogP contribution < -0.4 is 15.4 Å². The average Bonchev–Trinajstić information content (AvgIpc) is 2.61. The molecular weight excluding hydrogens is 288 g/mol. The molecule has 0 fully saturated rings. The van der Waals surface area contributed by atoms with Gasteiger partial charge in [0, 0.05) is 5.56 Å². The molecule has 0 unspecified atom stereocenters. The minimum absolute atomic E-state index is 0.0852. The summed E-state index contributed by atoms with van der Waals surface area (Å²) in [6, 6.07) is 15.9. The molecule has 0 aromatic heterocycles. The number of methoxy groups -OCH3 is 1. The Kier molecular flexibility index (Phi) is 3.30. The summed E-state index contributed by atoms with van der Waals surface area (Å²) in [5, 5.41) is 6.05. The summed E-state index contributed by atoms with van der Waals surface area (Å²) in [6.45, 7) is 0. The lowest BCUT2D eigenvalue weighted by Gasteiger charge is -2.34. The molecule has 4 rings (SSSR count). The van der Waals surface area contributed by atoms with Crippen LogP contribution in [-0.4, -0.2) is 13.1 Å². The normalized spacial score (nSPS) is 19.3. The van der Waals surface area contributed by atoms with Gasteiger partial charge in [-0.25, -0.2) is 4.79 Å². The van der Waals surface area contributed by atoms with Gasteiger partial charge in [-0.1, -0.05) is 36.4 Å². The van der Waals surface area contributed by atoms with E-state index >= 15 is 0 Å². The molecule has 0 bridgehead atoms. The summed E-state index contributed by atoms with van der Waals surface area (Å²) >= 11 is 0. The zero-order valence-corrected chi connectivity index (χ0v) is 12.9. The van der Waals surface area contributed by atoms with Gasteiger partial charge in [0.25, 0.3) is 0 Å². The summed E-state index contributed by atoms with van der Waals surface area (Å²) in [4.78, 5) is 12.2. The van der Waals surface area contributed by atoms with Gasteiger partial charge in [-0.15, -0.1) is 0 Å². The van der Waals surface area contributed by atoms with Crippen LogP contribution in [0, 0.1) is 0 Å². The third-order valence-corrected chi connectivity index (χ3v) is 4.58. The molecule has 2 amide bonds. The summed E-state index contributed by atoms with van der Waals surface area (Å²) in [5.74, 6) is 0.817. The lowest BCUT2D eigenvalue weighted by molar-refractivity contribution is 0.240. The van der Waals surface area contributed by atoms with Crippen LogP contribution in [0.3, 0.4) is 0 Å². The topological polar surface area (TPSA) is 50.4 Å². The lowest BCUT2D eigenvalue weighted by atomic mass is 9.83. The number of benzene rings is 2. The van der Waals surface area contributed by atoms with Crippen molar-refractivity contribution in [2.45, 2.75) is 18.9 Å². The zero-order valence-electron chi connectivity index (χ0n) is 12.9. The van der Waals surface area contributed by atoms with Gasteiger partial charge in [0.15, 0.2) is 0 Å². The number of rotatable bonds is 2. The molecule has 23 heavy (non-hydrogen) atoms. The molecule has 1 aliphatic heterocycles. The van der Waals surface area contributed by atoms with Crippen molar-refractivity contribution in [1.29, 1.82) is 0 Å². The highest BCUT2D eigenvalue weighted by Gasteiger charge is 2.31. The monoisotopic (exact) mass is 306 g/mol. The number of fused-ring (bicyclic) bond motifs is 2. The number of amides is 2. The molecule has 1 atom stereocenters. The molecule has 0 saturated carbocycles. The molecular formula is C19H18N2O2.